The van der Waals surface area contributed by atoms with Crippen LogP contribution in [0.15, 0.2) is 0 Å². The maximum atomic E-state index is 11.7. The number of hydrogen-bond donors (Lipinski definition) is 2. The molecular weight excluding hydrogens is 240 g/mol. The molecule has 0 aliphatic rings. The summed E-state index contributed by atoms with van der Waals surface area (Å²) in [6.07, 6.45) is 3.15. The minimum atomic E-state index is -2.97. The van der Waals surface area contributed by atoms with Crippen molar-refractivity contribution in [2.75, 3.05) is 18.6 Å². The molecule has 0 rings (SSSR count). The molecule has 0 spiro atoms. The van der Waals surface area contributed by atoms with Gasteiger partial charge in [0, 0.05) is 18.8 Å². The minimum absolute atomic E-state index is 0.0507. The van der Waals surface area contributed by atoms with Gasteiger partial charge >= 0.3 is 0 Å². The Labute approximate surface area is 104 Å². The van der Waals surface area contributed by atoms with Crippen LogP contribution in [-0.4, -0.2) is 45.0 Å². The second kappa shape index (κ2) is 7.66. The van der Waals surface area contributed by atoms with E-state index in [0.29, 0.717) is 6.54 Å². The molecule has 0 aromatic rings. The SMILES string of the molecule is CCCC(C)NC(=O)C(C)NCCS(C)(=O)=O. The molecule has 2 N–H and O–H groups in total. The van der Waals surface area contributed by atoms with Crippen molar-refractivity contribution in [2.45, 2.75) is 45.7 Å². The highest BCUT2D eigenvalue weighted by atomic mass is 32.2. The van der Waals surface area contributed by atoms with Crippen LogP contribution in [0, 0.1) is 0 Å². The second-order valence-corrected chi connectivity index (χ2v) is 6.76. The molecule has 0 aromatic heterocycles. The Bertz CT molecular complexity index is 328. The first-order valence-electron chi connectivity index (χ1n) is 5.97. The molecule has 0 saturated carbocycles. The molecule has 0 heterocycles. The summed E-state index contributed by atoms with van der Waals surface area (Å²) in [5.41, 5.74) is 0. The predicted octanol–water partition coefficient (Wildman–Crippen LogP) is 0.314. The molecule has 0 aliphatic heterocycles. The summed E-state index contributed by atoms with van der Waals surface area (Å²) in [5.74, 6) is -0.0331. The fourth-order valence-electron chi connectivity index (χ4n) is 1.43. The van der Waals surface area contributed by atoms with Gasteiger partial charge in [0.25, 0.3) is 0 Å². The van der Waals surface area contributed by atoms with Crippen LogP contribution in [0.2, 0.25) is 0 Å². The van der Waals surface area contributed by atoms with Gasteiger partial charge in [-0.15, -0.1) is 0 Å². The number of carbonyl (C=O) groups excluding carboxylic acids is 1. The normalized spacial score (nSPS) is 15.3. The highest BCUT2D eigenvalue weighted by molar-refractivity contribution is 7.90. The third-order valence-corrected chi connectivity index (χ3v) is 3.37. The number of amides is 1. The van der Waals surface area contributed by atoms with E-state index in [0.717, 1.165) is 12.8 Å². The highest BCUT2D eigenvalue weighted by Crippen LogP contribution is 1.95. The van der Waals surface area contributed by atoms with Crippen molar-refractivity contribution in [3.8, 4) is 0 Å². The summed E-state index contributed by atoms with van der Waals surface area (Å²) in [6.45, 7) is 6.06. The first-order valence-corrected chi connectivity index (χ1v) is 8.03. The smallest absolute Gasteiger partial charge is 0.237 e. The van der Waals surface area contributed by atoms with E-state index >= 15 is 0 Å². The molecule has 0 bridgehead atoms. The van der Waals surface area contributed by atoms with Gasteiger partial charge in [-0.1, -0.05) is 13.3 Å². The molecule has 2 atom stereocenters. The maximum absolute atomic E-state index is 11.7. The molecule has 102 valence electrons. The summed E-state index contributed by atoms with van der Waals surface area (Å²) < 4.78 is 21.8. The van der Waals surface area contributed by atoms with Crippen molar-refractivity contribution in [3.63, 3.8) is 0 Å². The highest BCUT2D eigenvalue weighted by Gasteiger charge is 2.14. The molecule has 17 heavy (non-hydrogen) atoms. The van der Waals surface area contributed by atoms with Gasteiger partial charge in [0.2, 0.25) is 5.91 Å². The van der Waals surface area contributed by atoms with Gasteiger partial charge in [-0.25, -0.2) is 8.42 Å². The number of rotatable bonds is 8. The van der Waals surface area contributed by atoms with E-state index < -0.39 is 9.84 Å². The van der Waals surface area contributed by atoms with Gasteiger partial charge in [-0.3, -0.25) is 4.79 Å². The summed E-state index contributed by atoms with van der Waals surface area (Å²) in [4.78, 5) is 11.7. The monoisotopic (exact) mass is 264 g/mol. The second-order valence-electron chi connectivity index (χ2n) is 4.50. The lowest BCUT2D eigenvalue weighted by Gasteiger charge is -2.17. The molecule has 5 nitrogen and oxygen atoms in total. The van der Waals surface area contributed by atoms with Crippen LogP contribution in [0.3, 0.4) is 0 Å². The first kappa shape index (κ1) is 16.4. The molecule has 0 saturated heterocycles. The zero-order valence-electron chi connectivity index (χ0n) is 11.1. The fourth-order valence-corrected chi connectivity index (χ4v) is 1.92. The van der Waals surface area contributed by atoms with E-state index in [-0.39, 0.29) is 23.7 Å². The van der Waals surface area contributed by atoms with Crippen LogP contribution in [0.1, 0.15) is 33.6 Å². The summed E-state index contributed by atoms with van der Waals surface area (Å²) >= 11 is 0. The summed E-state index contributed by atoms with van der Waals surface area (Å²) in [7, 11) is -2.97. The Morgan fingerprint density at radius 2 is 1.88 bits per heavy atom. The standard InChI is InChI=1S/C11H24N2O3S/c1-5-6-9(2)13-11(14)10(3)12-7-8-17(4,15)16/h9-10,12H,5-8H2,1-4H3,(H,13,14). The molecule has 0 aromatic carbocycles. The Hall–Kier alpha value is -0.620. The minimum Gasteiger partial charge on any atom is -0.352 e. The third kappa shape index (κ3) is 9.12. The number of carbonyl (C=O) groups is 1. The van der Waals surface area contributed by atoms with Gasteiger partial charge in [-0.05, 0) is 20.3 Å². The first-order chi connectivity index (χ1) is 7.76. The van der Waals surface area contributed by atoms with E-state index in [1.807, 2.05) is 6.92 Å². The summed E-state index contributed by atoms with van der Waals surface area (Å²) in [5, 5.41) is 5.77. The summed E-state index contributed by atoms with van der Waals surface area (Å²) in [6, 6.07) is -0.206. The van der Waals surface area contributed by atoms with Crippen LogP contribution < -0.4 is 10.6 Å². The Kier molecular flexibility index (Phi) is 7.38. The van der Waals surface area contributed by atoms with Crippen molar-refractivity contribution >= 4 is 15.7 Å². The van der Waals surface area contributed by atoms with Crippen molar-refractivity contribution < 1.29 is 13.2 Å². The van der Waals surface area contributed by atoms with Crippen LogP contribution in [0.25, 0.3) is 0 Å². The Balaban J connectivity index is 3.90. The molecule has 1 amide bonds. The average molecular weight is 264 g/mol. The lowest BCUT2D eigenvalue weighted by atomic mass is 10.2. The molecule has 2 unspecified atom stereocenters. The molecule has 0 fully saturated rings. The Morgan fingerprint density at radius 3 is 2.35 bits per heavy atom. The third-order valence-electron chi connectivity index (χ3n) is 2.43. The van der Waals surface area contributed by atoms with Crippen LogP contribution >= 0.6 is 0 Å². The van der Waals surface area contributed by atoms with Gasteiger partial charge < -0.3 is 10.6 Å². The zero-order chi connectivity index (χ0) is 13.5. The van der Waals surface area contributed by atoms with Crippen molar-refractivity contribution in [3.05, 3.63) is 0 Å². The predicted molar refractivity (Wildman–Crippen MR) is 69.7 cm³/mol. The lowest BCUT2D eigenvalue weighted by molar-refractivity contribution is -0.123. The maximum Gasteiger partial charge on any atom is 0.237 e. The van der Waals surface area contributed by atoms with E-state index in [2.05, 4.69) is 17.6 Å². The fraction of sp³-hybridized carbons (Fsp3) is 0.909. The lowest BCUT2D eigenvalue weighted by Crippen LogP contribution is -2.46. The molecular formula is C11H24N2O3S. The van der Waals surface area contributed by atoms with E-state index in [1.54, 1.807) is 6.92 Å². The quantitative estimate of drug-likeness (QED) is 0.662. The van der Waals surface area contributed by atoms with E-state index in [4.69, 9.17) is 0 Å². The topological polar surface area (TPSA) is 75.3 Å². The molecule has 0 aliphatic carbocycles. The molecule has 0 radical (unpaired) electrons. The number of sulfone groups is 1. The average Bonchev–Trinajstić information content (AvgIpc) is 2.15. The van der Waals surface area contributed by atoms with Gasteiger partial charge in [0.1, 0.15) is 9.84 Å². The zero-order valence-corrected chi connectivity index (χ0v) is 11.9. The van der Waals surface area contributed by atoms with Crippen LogP contribution in [0.5, 0.6) is 0 Å². The van der Waals surface area contributed by atoms with E-state index in [1.165, 1.54) is 6.26 Å². The van der Waals surface area contributed by atoms with Crippen molar-refractivity contribution in [1.29, 1.82) is 0 Å². The van der Waals surface area contributed by atoms with Gasteiger partial charge in [-0.2, -0.15) is 0 Å². The largest absolute Gasteiger partial charge is 0.352 e. The van der Waals surface area contributed by atoms with E-state index in [9.17, 15) is 13.2 Å². The number of hydrogen-bond acceptors (Lipinski definition) is 4. The number of nitrogens with one attached hydrogen (secondary N) is 2. The van der Waals surface area contributed by atoms with Crippen LogP contribution in [-0.2, 0) is 14.6 Å². The Morgan fingerprint density at radius 1 is 1.29 bits per heavy atom. The van der Waals surface area contributed by atoms with Gasteiger partial charge in [0.15, 0.2) is 0 Å². The van der Waals surface area contributed by atoms with Crippen molar-refractivity contribution in [2.24, 2.45) is 0 Å². The van der Waals surface area contributed by atoms with Gasteiger partial charge in [0.05, 0.1) is 11.8 Å². The van der Waals surface area contributed by atoms with Crippen molar-refractivity contribution in [1.82, 2.24) is 10.6 Å². The molecule has 6 heteroatoms. The van der Waals surface area contributed by atoms with Crippen LogP contribution in [0.4, 0.5) is 0 Å².